The summed E-state index contributed by atoms with van der Waals surface area (Å²) >= 11 is 0. The van der Waals surface area contributed by atoms with Crippen LogP contribution in [0, 0.1) is 6.92 Å². The van der Waals surface area contributed by atoms with Crippen LogP contribution < -0.4 is 21.0 Å². The molecule has 2 aromatic heterocycles. The number of hydrogen-bond donors (Lipinski definition) is 2. The van der Waals surface area contributed by atoms with Crippen molar-refractivity contribution in [1.29, 1.82) is 0 Å². The first kappa shape index (κ1) is 20.1. The number of ether oxygens (including phenoxy) is 1. The highest BCUT2D eigenvalue weighted by molar-refractivity contribution is 5.94. The number of aromatic nitrogens is 1. The largest absolute Gasteiger partial charge is 0.497 e. The van der Waals surface area contributed by atoms with Crippen LogP contribution in [0.3, 0.4) is 0 Å². The molecule has 0 saturated heterocycles. The van der Waals surface area contributed by atoms with E-state index in [1.54, 1.807) is 37.3 Å². The summed E-state index contributed by atoms with van der Waals surface area (Å²) in [6.45, 7) is 2.28. The van der Waals surface area contributed by atoms with Gasteiger partial charge in [0.1, 0.15) is 11.3 Å². The Kier molecular flexibility index (Phi) is 6.23. The number of carbonyl (C=O) groups is 2. The van der Waals surface area contributed by atoms with E-state index in [1.807, 2.05) is 0 Å². The average molecular weight is 395 g/mol. The third-order valence-electron chi connectivity index (χ3n) is 4.51. The number of carbonyl (C=O) groups excluding carboxylic acids is 2. The second-order valence-electron chi connectivity index (χ2n) is 6.37. The second-order valence-corrected chi connectivity index (χ2v) is 6.37. The molecule has 0 radical (unpaired) electrons. The summed E-state index contributed by atoms with van der Waals surface area (Å²) in [7, 11) is 1.53. The third-order valence-corrected chi connectivity index (χ3v) is 4.51. The van der Waals surface area contributed by atoms with Crippen molar-refractivity contribution in [2.24, 2.45) is 0 Å². The minimum atomic E-state index is -0.551. The molecule has 29 heavy (non-hydrogen) atoms. The van der Waals surface area contributed by atoms with Crippen molar-refractivity contribution in [2.75, 3.05) is 20.2 Å². The topological polar surface area (TPSA) is 111 Å². The molecule has 0 spiro atoms. The molecule has 8 nitrogen and oxygen atoms in total. The molecule has 3 rings (SSSR count). The zero-order chi connectivity index (χ0) is 20.8. The van der Waals surface area contributed by atoms with Crippen molar-refractivity contribution >= 4 is 22.8 Å². The molecular weight excluding hydrogens is 374 g/mol. The first-order chi connectivity index (χ1) is 14.0. The van der Waals surface area contributed by atoms with Crippen molar-refractivity contribution < 1.29 is 18.7 Å². The van der Waals surface area contributed by atoms with Gasteiger partial charge in [0, 0.05) is 42.5 Å². The standard InChI is InChI=1S/C21H21N3O5/c1-13-16-4-3-15(28-2)11-18(16)29-21(27)17(13)12-19(25)23-9-10-24-20(26)14-5-7-22-8-6-14/h3-8,11H,9-10,12H2,1-2H3,(H,23,25)(H,24,26). The normalized spacial score (nSPS) is 10.6. The van der Waals surface area contributed by atoms with E-state index < -0.39 is 5.63 Å². The molecule has 0 aliphatic carbocycles. The molecule has 0 unspecified atom stereocenters. The molecule has 0 bridgehead atoms. The maximum Gasteiger partial charge on any atom is 0.340 e. The van der Waals surface area contributed by atoms with Crippen LogP contribution in [0.25, 0.3) is 11.0 Å². The van der Waals surface area contributed by atoms with E-state index in [-0.39, 0.29) is 31.3 Å². The maximum atomic E-state index is 12.3. The van der Waals surface area contributed by atoms with Gasteiger partial charge in [0.05, 0.1) is 19.1 Å². The van der Waals surface area contributed by atoms with Gasteiger partial charge in [0.25, 0.3) is 5.91 Å². The number of nitrogens with one attached hydrogen (secondary N) is 2. The molecule has 2 heterocycles. The fourth-order valence-electron chi connectivity index (χ4n) is 2.91. The Labute approximate surface area is 166 Å². The van der Waals surface area contributed by atoms with Gasteiger partial charge in [-0.15, -0.1) is 0 Å². The lowest BCUT2D eigenvalue weighted by molar-refractivity contribution is -0.120. The van der Waals surface area contributed by atoms with Gasteiger partial charge in [-0.05, 0) is 36.8 Å². The quantitative estimate of drug-likeness (QED) is 0.464. The Balaban J connectivity index is 1.58. The van der Waals surface area contributed by atoms with Crippen molar-refractivity contribution in [2.45, 2.75) is 13.3 Å². The monoisotopic (exact) mass is 395 g/mol. The molecule has 150 valence electrons. The highest BCUT2D eigenvalue weighted by atomic mass is 16.5. The Morgan fingerprint density at radius 2 is 1.83 bits per heavy atom. The summed E-state index contributed by atoms with van der Waals surface area (Å²) in [5.41, 5.74) is 1.35. The first-order valence-electron chi connectivity index (χ1n) is 9.05. The first-order valence-corrected chi connectivity index (χ1v) is 9.05. The van der Waals surface area contributed by atoms with Gasteiger partial charge in [-0.2, -0.15) is 0 Å². The van der Waals surface area contributed by atoms with E-state index >= 15 is 0 Å². The third kappa shape index (κ3) is 4.78. The van der Waals surface area contributed by atoms with Gasteiger partial charge in [0.15, 0.2) is 0 Å². The molecular formula is C21H21N3O5. The minimum Gasteiger partial charge on any atom is -0.497 e. The fraction of sp³-hybridized carbons (Fsp3) is 0.238. The van der Waals surface area contributed by atoms with E-state index in [0.717, 1.165) is 5.39 Å². The predicted octanol–water partition coefficient (Wildman–Crippen LogP) is 1.59. The van der Waals surface area contributed by atoms with Gasteiger partial charge in [-0.1, -0.05) is 0 Å². The smallest absolute Gasteiger partial charge is 0.340 e. The lowest BCUT2D eigenvalue weighted by Gasteiger charge is -2.10. The van der Waals surface area contributed by atoms with Gasteiger partial charge in [-0.3, -0.25) is 14.6 Å². The SMILES string of the molecule is COc1ccc2c(C)c(CC(=O)NCCNC(=O)c3ccncc3)c(=O)oc2c1. The average Bonchev–Trinajstić information content (AvgIpc) is 2.74. The molecule has 0 aliphatic rings. The van der Waals surface area contributed by atoms with Crippen LogP contribution in [0.1, 0.15) is 21.5 Å². The zero-order valence-electron chi connectivity index (χ0n) is 16.2. The van der Waals surface area contributed by atoms with Crippen LogP contribution in [0.4, 0.5) is 0 Å². The van der Waals surface area contributed by atoms with Crippen LogP contribution >= 0.6 is 0 Å². The molecule has 1 aromatic carbocycles. The second kappa shape index (κ2) is 9.01. The van der Waals surface area contributed by atoms with Gasteiger partial charge in [0.2, 0.25) is 5.91 Å². The molecule has 0 aliphatic heterocycles. The Bertz CT molecular complexity index is 1090. The van der Waals surface area contributed by atoms with Crippen LogP contribution in [-0.2, 0) is 11.2 Å². The lowest BCUT2D eigenvalue weighted by Crippen LogP contribution is -2.36. The molecule has 0 fully saturated rings. The van der Waals surface area contributed by atoms with E-state index in [4.69, 9.17) is 9.15 Å². The highest BCUT2D eigenvalue weighted by Crippen LogP contribution is 2.24. The van der Waals surface area contributed by atoms with Crippen LogP contribution in [0.5, 0.6) is 5.75 Å². The number of nitrogens with zero attached hydrogens (tertiary/aromatic N) is 1. The van der Waals surface area contributed by atoms with Gasteiger partial charge >= 0.3 is 5.63 Å². The number of benzene rings is 1. The Hall–Kier alpha value is -3.68. The van der Waals surface area contributed by atoms with Crippen molar-refractivity contribution in [3.05, 3.63) is 69.8 Å². The number of aryl methyl sites for hydroxylation is 1. The summed E-state index contributed by atoms with van der Waals surface area (Å²) < 4.78 is 10.5. The maximum absolute atomic E-state index is 12.3. The predicted molar refractivity (Wildman–Crippen MR) is 107 cm³/mol. The van der Waals surface area contributed by atoms with Gasteiger partial charge in [-0.25, -0.2) is 4.79 Å². The zero-order valence-corrected chi connectivity index (χ0v) is 16.2. The lowest BCUT2D eigenvalue weighted by atomic mass is 10.0. The van der Waals surface area contributed by atoms with Crippen molar-refractivity contribution in [3.63, 3.8) is 0 Å². The minimum absolute atomic E-state index is 0.103. The molecule has 2 N–H and O–H groups in total. The summed E-state index contributed by atoms with van der Waals surface area (Å²) in [5.74, 6) is 0.00822. The fourth-order valence-corrected chi connectivity index (χ4v) is 2.91. The number of rotatable bonds is 7. The highest BCUT2D eigenvalue weighted by Gasteiger charge is 2.15. The number of hydrogen-bond acceptors (Lipinski definition) is 6. The van der Waals surface area contributed by atoms with E-state index in [1.165, 1.54) is 19.5 Å². The summed E-state index contributed by atoms with van der Waals surface area (Å²) in [6.07, 6.45) is 2.96. The molecule has 2 amide bonds. The number of amides is 2. The summed E-state index contributed by atoms with van der Waals surface area (Å²) in [4.78, 5) is 40.3. The van der Waals surface area contributed by atoms with Crippen LogP contribution in [-0.4, -0.2) is 37.0 Å². The molecule has 3 aromatic rings. The van der Waals surface area contributed by atoms with Crippen molar-refractivity contribution in [1.82, 2.24) is 15.6 Å². The van der Waals surface area contributed by atoms with Crippen LogP contribution in [0.2, 0.25) is 0 Å². The number of fused-ring (bicyclic) bond motifs is 1. The summed E-state index contributed by atoms with van der Waals surface area (Å²) in [5, 5.41) is 6.14. The number of methoxy groups -OCH3 is 1. The molecule has 0 atom stereocenters. The van der Waals surface area contributed by atoms with Crippen molar-refractivity contribution in [3.8, 4) is 5.75 Å². The Morgan fingerprint density at radius 1 is 1.10 bits per heavy atom. The van der Waals surface area contributed by atoms with E-state index in [2.05, 4.69) is 15.6 Å². The summed E-state index contributed by atoms with van der Waals surface area (Å²) in [6, 6.07) is 8.41. The van der Waals surface area contributed by atoms with Gasteiger partial charge < -0.3 is 19.8 Å². The molecule has 0 saturated carbocycles. The molecule has 8 heteroatoms. The van der Waals surface area contributed by atoms with E-state index in [0.29, 0.717) is 28.0 Å². The number of pyridine rings is 1. The van der Waals surface area contributed by atoms with Crippen LogP contribution in [0.15, 0.2) is 51.9 Å². The Morgan fingerprint density at radius 3 is 2.55 bits per heavy atom. The van der Waals surface area contributed by atoms with E-state index in [9.17, 15) is 14.4 Å².